The fourth-order valence-corrected chi connectivity index (χ4v) is 9.02. The molecule has 3 atom stereocenters. The van der Waals surface area contributed by atoms with Crippen LogP contribution in [-0.4, -0.2) is 79.0 Å². The highest BCUT2D eigenvalue weighted by Crippen LogP contribution is 2.48. The Kier molecular flexibility index (Phi) is 15.3. The van der Waals surface area contributed by atoms with Gasteiger partial charge in [-0.1, -0.05) is 58.7 Å². The first kappa shape index (κ1) is 51.0. The Bertz CT molecular complexity index is 2770. The van der Waals surface area contributed by atoms with Gasteiger partial charge in [0.05, 0.1) is 57.3 Å². The monoisotopic (exact) mass is 956 g/mol. The summed E-state index contributed by atoms with van der Waals surface area (Å²) in [5, 5.41) is 67.8. The highest BCUT2D eigenvalue weighted by Gasteiger charge is 2.50. The van der Waals surface area contributed by atoms with Crippen LogP contribution in [0.4, 0.5) is 34.1 Å². The molecule has 2 saturated heterocycles. The van der Waals surface area contributed by atoms with Crippen LogP contribution in [0.5, 0.6) is 34.5 Å². The number of carbonyl (C=O) groups excluding carboxylic acids is 2. The Balaban J connectivity index is 0.000000206. The first-order valence-corrected chi connectivity index (χ1v) is 24.0. The second-order valence-electron chi connectivity index (χ2n) is 19.9. The Morgan fingerprint density at radius 3 is 1.50 bits per heavy atom. The molecule has 4 aromatic rings. The van der Waals surface area contributed by atoms with Gasteiger partial charge in [-0.25, -0.2) is 0 Å². The molecule has 0 aromatic heterocycles. The van der Waals surface area contributed by atoms with Gasteiger partial charge in [-0.15, -0.1) is 0 Å². The van der Waals surface area contributed by atoms with Crippen molar-refractivity contribution in [2.24, 2.45) is 0 Å². The van der Waals surface area contributed by atoms with Crippen molar-refractivity contribution in [2.75, 3.05) is 33.5 Å². The van der Waals surface area contributed by atoms with Crippen LogP contribution in [0, 0.1) is 0 Å². The third kappa shape index (κ3) is 11.9. The molecule has 0 saturated carbocycles. The largest absolute Gasteiger partial charge is 0.508 e. The van der Waals surface area contributed by atoms with E-state index < -0.39 is 0 Å². The van der Waals surface area contributed by atoms with E-state index in [1.807, 2.05) is 26.0 Å². The first-order chi connectivity index (χ1) is 33.1. The Morgan fingerprint density at radius 2 is 1.03 bits per heavy atom. The molecular formula is C56H68N4O10. The maximum Gasteiger partial charge on any atom is 0.260 e. The maximum atomic E-state index is 13.5. The van der Waals surface area contributed by atoms with E-state index in [9.17, 15) is 40.2 Å². The molecule has 4 aromatic carbocycles. The predicted octanol–water partition coefficient (Wildman–Crippen LogP) is 12.3. The summed E-state index contributed by atoms with van der Waals surface area (Å²) >= 11 is 0. The SMILES string of the molecule is C/C(=C\CN1C(=O)c2cccc(O)c2Nc2c(O)cc(O)cc21)CC/C=C(\C)CCC1OC1(C)C.CC(C)=CCCC1(C)OC1CC/C(C)=C/CN1C(=O)c2cccc(O)c2Nc2c(O)cc(O)cc21. The lowest BCUT2D eigenvalue weighted by Gasteiger charge is -2.22. The molecule has 4 aliphatic rings. The van der Waals surface area contributed by atoms with E-state index in [1.165, 1.54) is 57.3 Å². The number of anilines is 6. The number of epoxide rings is 2. The third-order valence-corrected chi connectivity index (χ3v) is 13.6. The van der Waals surface area contributed by atoms with Crippen molar-refractivity contribution in [1.82, 2.24) is 0 Å². The highest BCUT2D eigenvalue weighted by molar-refractivity contribution is 6.16. The van der Waals surface area contributed by atoms with E-state index in [0.717, 1.165) is 62.5 Å². The Morgan fingerprint density at radius 1 is 0.571 bits per heavy atom. The summed E-state index contributed by atoms with van der Waals surface area (Å²) in [5.74, 6) is -1.61. The van der Waals surface area contributed by atoms with Crippen molar-refractivity contribution in [3.63, 3.8) is 0 Å². The van der Waals surface area contributed by atoms with Crippen molar-refractivity contribution in [3.8, 4) is 34.5 Å². The minimum atomic E-state index is -0.339. The zero-order valence-corrected chi connectivity index (χ0v) is 41.5. The second-order valence-corrected chi connectivity index (χ2v) is 19.9. The minimum absolute atomic E-state index is 0.0331. The molecule has 4 heterocycles. The van der Waals surface area contributed by atoms with Crippen LogP contribution in [0.2, 0.25) is 0 Å². The molecule has 8 N–H and O–H groups in total. The summed E-state index contributed by atoms with van der Waals surface area (Å²) in [7, 11) is 0. The number of benzene rings is 4. The molecule has 0 spiro atoms. The zero-order valence-electron chi connectivity index (χ0n) is 41.5. The molecule has 70 heavy (non-hydrogen) atoms. The first-order valence-electron chi connectivity index (χ1n) is 24.0. The van der Waals surface area contributed by atoms with Crippen LogP contribution in [0.1, 0.15) is 127 Å². The van der Waals surface area contributed by atoms with Crippen molar-refractivity contribution >= 4 is 45.9 Å². The van der Waals surface area contributed by atoms with E-state index in [1.54, 1.807) is 24.3 Å². The van der Waals surface area contributed by atoms with Crippen LogP contribution < -0.4 is 20.4 Å². The van der Waals surface area contributed by atoms with E-state index in [-0.39, 0.29) is 111 Å². The molecule has 4 aliphatic heterocycles. The molecule has 0 aliphatic carbocycles. The Labute approximate surface area is 410 Å². The van der Waals surface area contributed by atoms with Gasteiger partial charge in [-0.05, 0) is 131 Å². The fourth-order valence-electron chi connectivity index (χ4n) is 9.02. The number of rotatable bonds is 16. The molecule has 8 rings (SSSR count). The quantitative estimate of drug-likeness (QED) is 0.0228. The molecule has 0 radical (unpaired) electrons. The number of phenolic OH excluding ortho intramolecular Hbond substituents is 6. The van der Waals surface area contributed by atoms with Gasteiger partial charge in [0.2, 0.25) is 0 Å². The van der Waals surface area contributed by atoms with Gasteiger partial charge in [0.1, 0.15) is 45.9 Å². The molecule has 14 nitrogen and oxygen atoms in total. The van der Waals surface area contributed by atoms with E-state index >= 15 is 0 Å². The topological polar surface area (TPSA) is 211 Å². The summed E-state index contributed by atoms with van der Waals surface area (Å²) in [4.78, 5) is 29.9. The van der Waals surface area contributed by atoms with Gasteiger partial charge in [-0.3, -0.25) is 9.59 Å². The van der Waals surface area contributed by atoms with Crippen LogP contribution in [0.3, 0.4) is 0 Å². The number of carbonyl (C=O) groups is 2. The minimum Gasteiger partial charge on any atom is -0.508 e. The van der Waals surface area contributed by atoms with Gasteiger partial charge >= 0.3 is 0 Å². The Hall–Kier alpha value is -6.90. The molecule has 372 valence electrons. The number of fused-ring (bicyclic) bond motifs is 4. The summed E-state index contributed by atoms with van der Waals surface area (Å²) < 4.78 is 11.6. The van der Waals surface area contributed by atoms with Gasteiger partial charge < -0.3 is 60.5 Å². The lowest BCUT2D eigenvalue weighted by atomic mass is 9.96. The average molecular weight is 957 g/mol. The number of para-hydroxylation sites is 2. The highest BCUT2D eigenvalue weighted by atomic mass is 16.6. The smallest absolute Gasteiger partial charge is 0.260 e. The van der Waals surface area contributed by atoms with Gasteiger partial charge in [0, 0.05) is 37.4 Å². The molecule has 14 heteroatoms. The summed E-state index contributed by atoms with van der Waals surface area (Å²) in [6, 6.07) is 14.7. The number of amides is 2. The lowest BCUT2D eigenvalue weighted by Crippen LogP contribution is -2.30. The van der Waals surface area contributed by atoms with Crippen molar-refractivity contribution in [1.29, 1.82) is 0 Å². The molecule has 0 bridgehead atoms. The summed E-state index contributed by atoms with van der Waals surface area (Å²) in [5.41, 5.74) is 7.11. The maximum absolute atomic E-state index is 13.5. The van der Waals surface area contributed by atoms with Crippen LogP contribution >= 0.6 is 0 Å². The lowest BCUT2D eigenvalue weighted by molar-refractivity contribution is 0.0983. The number of phenols is 6. The van der Waals surface area contributed by atoms with Crippen molar-refractivity contribution in [2.45, 2.75) is 130 Å². The fraction of sp³-hybridized carbons (Fsp3) is 0.393. The zero-order chi connectivity index (χ0) is 50.7. The number of nitrogens with zero attached hydrogens (tertiary/aromatic N) is 2. The number of ether oxygens (including phenoxy) is 2. The van der Waals surface area contributed by atoms with Crippen molar-refractivity contribution in [3.05, 3.63) is 118 Å². The van der Waals surface area contributed by atoms with E-state index in [4.69, 9.17) is 9.47 Å². The number of allylic oxidation sites excluding steroid dienone is 6. The van der Waals surface area contributed by atoms with Gasteiger partial charge in [-0.2, -0.15) is 0 Å². The predicted molar refractivity (Wildman–Crippen MR) is 276 cm³/mol. The average Bonchev–Trinajstić information content (AvgIpc) is 4.17. The standard InChI is InChI=1S/2C28H34N2O5/c1-17(2)7-6-13-28(4)24(35-28)11-10-18(3)12-14-30-21-15-19(31)16-23(33)26(21)29-25-20(27(30)34)8-5-9-22(25)32;1-17(11-12-24-28(3,4)35-24)7-5-8-18(2)13-14-30-21-15-19(31)16-23(33)26(21)29-25-20(27(30)34)9-6-10-22(25)32/h5,7-9,12,15-16,24,29,31-33H,6,10-11,13-14H2,1-4H3;6-7,9-10,13,15-16,24,29,31-33H,5,8,11-12,14H2,1-4H3/b18-12+;17-7+,18-13+. The number of hydrogen-bond donors (Lipinski definition) is 8. The molecule has 2 amide bonds. The molecule has 3 unspecified atom stereocenters. The van der Waals surface area contributed by atoms with Crippen molar-refractivity contribution < 1.29 is 49.7 Å². The van der Waals surface area contributed by atoms with Crippen LogP contribution in [0.25, 0.3) is 0 Å². The van der Waals surface area contributed by atoms with Crippen LogP contribution in [0.15, 0.2) is 107 Å². The van der Waals surface area contributed by atoms with Crippen LogP contribution in [-0.2, 0) is 9.47 Å². The van der Waals surface area contributed by atoms with Gasteiger partial charge in [0.25, 0.3) is 11.8 Å². The second kappa shape index (κ2) is 21.0. The summed E-state index contributed by atoms with van der Waals surface area (Å²) in [6.45, 7) is 17.4. The van der Waals surface area contributed by atoms with E-state index in [0.29, 0.717) is 17.5 Å². The van der Waals surface area contributed by atoms with E-state index in [2.05, 4.69) is 64.3 Å². The van der Waals surface area contributed by atoms with Gasteiger partial charge in [0.15, 0.2) is 0 Å². The molecule has 2 fully saturated rings. The normalized spacial score (nSPS) is 20.0. The summed E-state index contributed by atoms with van der Waals surface area (Å²) in [6.07, 6.45) is 16.7. The molecular weight excluding hydrogens is 889 g/mol. The third-order valence-electron chi connectivity index (χ3n) is 13.6. The number of hydrogen-bond acceptors (Lipinski definition) is 12. The number of aromatic hydroxyl groups is 6. The number of nitrogens with one attached hydrogen (secondary N) is 2.